The van der Waals surface area contributed by atoms with Crippen LogP contribution in [0.2, 0.25) is 0 Å². The predicted octanol–water partition coefficient (Wildman–Crippen LogP) is 4.49. The van der Waals surface area contributed by atoms with Crippen molar-refractivity contribution in [3.05, 3.63) is 0 Å². The molecule has 0 aliphatic carbocycles. The molecule has 0 saturated carbocycles. The van der Waals surface area contributed by atoms with Crippen LogP contribution >= 0.6 is 0 Å². The number of hydrogen-bond donors (Lipinski definition) is 1. The summed E-state index contributed by atoms with van der Waals surface area (Å²) < 4.78 is 11.2. The van der Waals surface area contributed by atoms with Crippen LogP contribution in [0.5, 0.6) is 0 Å². The van der Waals surface area contributed by atoms with E-state index in [1.165, 1.54) is 51.4 Å². The maximum atomic E-state index is 5.62. The maximum Gasteiger partial charge on any atom is 0.167 e. The van der Waals surface area contributed by atoms with Crippen LogP contribution in [-0.2, 0) is 9.47 Å². The highest BCUT2D eigenvalue weighted by Crippen LogP contribution is 2.31. The molecular formula is C17H37NO2. The predicted molar refractivity (Wildman–Crippen MR) is 86.8 cm³/mol. The van der Waals surface area contributed by atoms with E-state index in [1.54, 1.807) is 14.2 Å². The molecule has 0 heterocycles. The molecule has 0 aromatic heterocycles. The minimum Gasteiger partial charge on any atom is -0.353 e. The summed E-state index contributed by atoms with van der Waals surface area (Å²) in [6, 6.07) is 0. The first kappa shape index (κ1) is 19.9. The number of nitrogens with two attached hydrogens (primary N) is 1. The van der Waals surface area contributed by atoms with Crippen molar-refractivity contribution in [2.75, 3.05) is 20.8 Å². The van der Waals surface area contributed by atoms with Crippen molar-refractivity contribution in [2.45, 2.75) is 83.8 Å². The monoisotopic (exact) mass is 287 g/mol. The molecule has 0 aromatic rings. The van der Waals surface area contributed by atoms with Crippen LogP contribution in [0.15, 0.2) is 0 Å². The van der Waals surface area contributed by atoms with Crippen LogP contribution in [0.25, 0.3) is 0 Å². The molecule has 0 aromatic carbocycles. The van der Waals surface area contributed by atoms with Crippen molar-refractivity contribution in [2.24, 2.45) is 11.7 Å². The molecule has 0 aliphatic heterocycles. The lowest BCUT2D eigenvalue weighted by atomic mass is 9.88. The van der Waals surface area contributed by atoms with Crippen LogP contribution in [-0.4, -0.2) is 26.6 Å². The second-order valence-electron chi connectivity index (χ2n) is 5.96. The van der Waals surface area contributed by atoms with Gasteiger partial charge in [0.25, 0.3) is 0 Å². The highest BCUT2D eigenvalue weighted by Gasteiger charge is 2.33. The SMILES string of the molecule is CCCCCCCCC(CCCCN)C(C)(OC)OC. The first-order valence-corrected chi connectivity index (χ1v) is 8.45. The molecule has 3 nitrogen and oxygen atoms in total. The molecule has 0 bridgehead atoms. The van der Waals surface area contributed by atoms with Gasteiger partial charge < -0.3 is 15.2 Å². The second-order valence-corrected chi connectivity index (χ2v) is 5.96. The standard InChI is InChI=1S/C17H37NO2/c1-5-6-7-8-9-10-13-16(14-11-12-15-18)17(2,19-3)20-4/h16H,5-15,18H2,1-4H3. The van der Waals surface area contributed by atoms with Crippen LogP contribution in [0.4, 0.5) is 0 Å². The van der Waals surface area contributed by atoms with Crippen molar-refractivity contribution in [1.29, 1.82) is 0 Å². The van der Waals surface area contributed by atoms with Crippen molar-refractivity contribution in [3.63, 3.8) is 0 Å². The van der Waals surface area contributed by atoms with Gasteiger partial charge in [-0.05, 0) is 32.7 Å². The van der Waals surface area contributed by atoms with E-state index in [-0.39, 0.29) is 0 Å². The Morgan fingerprint density at radius 1 is 0.850 bits per heavy atom. The van der Waals surface area contributed by atoms with Gasteiger partial charge in [-0.3, -0.25) is 0 Å². The van der Waals surface area contributed by atoms with Gasteiger partial charge in [-0.25, -0.2) is 0 Å². The summed E-state index contributed by atoms with van der Waals surface area (Å²) in [5.41, 5.74) is 5.59. The zero-order valence-corrected chi connectivity index (χ0v) is 14.2. The van der Waals surface area contributed by atoms with Gasteiger partial charge >= 0.3 is 0 Å². The average Bonchev–Trinajstić information content (AvgIpc) is 2.48. The van der Waals surface area contributed by atoms with Crippen molar-refractivity contribution in [1.82, 2.24) is 0 Å². The highest BCUT2D eigenvalue weighted by molar-refractivity contribution is 4.75. The Hall–Kier alpha value is -0.120. The molecular weight excluding hydrogens is 250 g/mol. The molecule has 0 spiro atoms. The molecule has 1 atom stereocenters. The minimum atomic E-state index is -0.446. The largest absolute Gasteiger partial charge is 0.353 e. The van der Waals surface area contributed by atoms with E-state index >= 15 is 0 Å². The summed E-state index contributed by atoms with van der Waals surface area (Å²) >= 11 is 0. The zero-order valence-electron chi connectivity index (χ0n) is 14.2. The lowest BCUT2D eigenvalue weighted by Gasteiger charge is -2.35. The van der Waals surface area contributed by atoms with Crippen LogP contribution in [0.3, 0.4) is 0 Å². The summed E-state index contributed by atoms with van der Waals surface area (Å²) in [7, 11) is 3.50. The average molecular weight is 287 g/mol. The molecule has 0 amide bonds. The number of ether oxygens (including phenoxy) is 2. The number of rotatable bonds is 14. The Labute approximate surface area is 126 Å². The third-order valence-corrected chi connectivity index (χ3v) is 4.47. The van der Waals surface area contributed by atoms with Gasteiger partial charge in [-0.2, -0.15) is 0 Å². The molecule has 20 heavy (non-hydrogen) atoms. The Morgan fingerprint density at radius 3 is 1.85 bits per heavy atom. The molecule has 0 radical (unpaired) electrons. The van der Waals surface area contributed by atoms with E-state index in [1.807, 2.05) is 0 Å². The van der Waals surface area contributed by atoms with E-state index in [0.29, 0.717) is 5.92 Å². The maximum absolute atomic E-state index is 5.62. The minimum absolute atomic E-state index is 0.446. The fourth-order valence-electron chi connectivity index (χ4n) is 2.79. The Morgan fingerprint density at radius 2 is 1.35 bits per heavy atom. The van der Waals surface area contributed by atoms with Gasteiger partial charge in [0.15, 0.2) is 5.79 Å². The molecule has 0 rings (SSSR count). The van der Waals surface area contributed by atoms with Gasteiger partial charge in [0.1, 0.15) is 0 Å². The summed E-state index contributed by atoms with van der Waals surface area (Å²) in [4.78, 5) is 0. The number of unbranched alkanes of at least 4 members (excludes halogenated alkanes) is 6. The van der Waals surface area contributed by atoms with E-state index in [4.69, 9.17) is 15.2 Å². The topological polar surface area (TPSA) is 44.5 Å². The first-order valence-electron chi connectivity index (χ1n) is 8.45. The quantitative estimate of drug-likeness (QED) is 0.378. The van der Waals surface area contributed by atoms with Crippen molar-refractivity contribution < 1.29 is 9.47 Å². The summed E-state index contributed by atoms with van der Waals surface area (Å²) in [5.74, 6) is 0.0214. The smallest absolute Gasteiger partial charge is 0.167 e. The first-order chi connectivity index (χ1) is 9.64. The fraction of sp³-hybridized carbons (Fsp3) is 1.00. The zero-order chi connectivity index (χ0) is 15.3. The number of hydrogen-bond acceptors (Lipinski definition) is 3. The third-order valence-electron chi connectivity index (χ3n) is 4.47. The van der Waals surface area contributed by atoms with Crippen molar-refractivity contribution in [3.8, 4) is 0 Å². The van der Waals surface area contributed by atoms with Crippen molar-refractivity contribution >= 4 is 0 Å². The lowest BCUT2D eigenvalue weighted by molar-refractivity contribution is -0.230. The Kier molecular flexibility index (Phi) is 12.5. The van der Waals surface area contributed by atoms with Crippen LogP contribution < -0.4 is 5.73 Å². The van der Waals surface area contributed by atoms with Crippen LogP contribution in [0, 0.1) is 5.92 Å². The number of methoxy groups -OCH3 is 2. The molecule has 0 aliphatic rings. The molecule has 1 unspecified atom stereocenters. The van der Waals surface area contributed by atoms with Gasteiger partial charge in [0, 0.05) is 20.1 Å². The van der Waals surface area contributed by atoms with Crippen LogP contribution in [0.1, 0.15) is 78.1 Å². The normalized spacial score (nSPS) is 13.7. The molecule has 122 valence electrons. The molecule has 0 fully saturated rings. The van der Waals surface area contributed by atoms with E-state index < -0.39 is 5.79 Å². The summed E-state index contributed by atoms with van der Waals surface area (Å²) in [5, 5.41) is 0. The third kappa shape index (κ3) is 8.23. The van der Waals surface area contributed by atoms with E-state index in [0.717, 1.165) is 19.4 Å². The van der Waals surface area contributed by atoms with Gasteiger partial charge in [0.2, 0.25) is 0 Å². The van der Waals surface area contributed by atoms with Gasteiger partial charge in [0.05, 0.1) is 0 Å². The molecule has 2 N–H and O–H groups in total. The second kappa shape index (κ2) is 12.6. The Balaban J connectivity index is 4.10. The lowest BCUT2D eigenvalue weighted by Crippen LogP contribution is -2.39. The van der Waals surface area contributed by atoms with Gasteiger partial charge in [-0.15, -0.1) is 0 Å². The Bertz CT molecular complexity index is 205. The van der Waals surface area contributed by atoms with E-state index in [9.17, 15) is 0 Å². The molecule has 0 saturated heterocycles. The summed E-state index contributed by atoms with van der Waals surface area (Å²) in [6.45, 7) is 5.10. The van der Waals surface area contributed by atoms with Gasteiger partial charge in [-0.1, -0.05) is 51.9 Å². The highest BCUT2D eigenvalue weighted by atomic mass is 16.7. The molecule has 3 heteroatoms. The van der Waals surface area contributed by atoms with E-state index in [2.05, 4.69) is 13.8 Å². The fourth-order valence-corrected chi connectivity index (χ4v) is 2.79. The summed E-state index contributed by atoms with van der Waals surface area (Å²) in [6.07, 6.45) is 12.6.